The van der Waals surface area contributed by atoms with Crippen molar-refractivity contribution in [3.05, 3.63) is 94.2 Å². The Morgan fingerprint density at radius 3 is 2.52 bits per heavy atom. The van der Waals surface area contributed by atoms with Crippen molar-refractivity contribution in [2.45, 2.75) is 52.3 Å². The summed E-state index contributed by atoms with van der Waals surface area (Å²) >= 11 is 0. The highest BCUT2D eigenvalue weighted by Crippen LogP contribution is 2.28. The number of rotatable bonds is 7. The highest BCUT2D eigenvalue weighted by atomic mass is 16.6. The Bertz CT molecular complexity index is 2000. The molecule has 12 nitrogen and oxygen atoms in total. The van der Waals surface area contributed by atoms with Crippen LogP contribution in [-0.2, 0) is 23.1 Å². The molecule has 0 amide bonds. The van der Waals surface area contributed by atoms with Crippen LogP contribution in [0.4, 0.5) is 0 Å². The number of fused-ring (bicyclic) bond motifs is 1. The minimum absolute atomic E-state index is 0.0973. The Labute approximate surface area is 266 Å². The van der Waals surface area contributed by atoms with Gasteiger partial charge < -0.3 is 14.0 Å². The van der Waals surface area contributed by atoms with E-state index in [1.165, 1.54) is 7.11 Å². The van der Waals surface area contributed by atoms with Crippen molar-refractivity contribution < 1.29 is 19.1 Å². The number of aryl methyl sites for hydroxylation is 1. The standard InChI is InChI=1S/C34H37N7O5/c1-21-16-22(31(42)45-6)9-11-25(21)26-12-10-23(17-36-26)40-27-8-7-14-35-30(27)41(33(40)44)24-13-15-39(19-24)20-29-37-18-28(38(29)5)32(43)46-34(2,3)4/h7-12,14,16-18,24H,13,15,19-20H2,1-6H3/t24-/m0/s1. The zero-order chi connectivity index (χ0) is 32.7. The number of nitrogens with zero attached hydrogens (tertiary/aromatic N) is 7. The molecule has 4 aromatic heterocycles. The Hall–Kier alpha value is -5.10. The van der Waals surface area contributed by atoms with Crippen LogP contribution in [0.2, 0.25) is 0 Å². The molecule has 1 fully saturated rings. The molecule has 0 unspecified atom stereocenters. The minimum Gasteiger partial charge on any atom is -0.465 e. The van der Waals surface area contributed by atoms with Crippen LogP contribution in [0, 0.1) is 6.92 Å². The molecule has 46 heavy (non-hydrogen) atoms. The van der Waals surface area contributed by atoms with Gasteiger partial charge in [0.05, 0.1) is 54.6 Å². The molecule has 0 N–H and O–H groups in total. The van der Waals surface area contributed by atoms with E-state index in [1.807, 2.05) is 65.1 Å². The number of methoxy groups -OCH3 is 1. The van der Waals surface area contributed by atoms with Gasteiger partial charge in [0, 0.05) is 31.9 Å². The molecule has 0 bridgehead atoms. The summed E-state index contributed by atoms with van der Waals surface area (Å²) in [6.45, 7) is 9.34. The first-order valence-corrected chi connectivity index (χ1v) is 15.1. The second kappa shape index (κ2) is 12.0. The lowest BCUT2D eigenvalue weighted by atomic mass is 10.0. The minimum atomic E-state index is -0.597. The van der Waals surface area contributed by atoms with Crippen LogP contribution in [0.3, 0.4) is 0 Å². The largest absolute Gasteiger partial charge is 0.465 e. The first kappa shape index (κ1) is 30.9. The number of imidazole rings is 2. The number of esters is 2. The predicted octanol–water partition coefficient (Wildman–Crippen LogP) is 4.48. The monoisotopic (exact) mass is 623 g/mol. The summed E-state index contributed by atoms with van der Waals surface area (Å²) in [6, 6.07) is 12.7. The van der Waals surface area contributed by atoms with Crippen LogP contribution in [0.15, 0.2) is 65.8 Å². The number of benzene rings is 1. The van der Waals surface area contributed by atoms with Gasteiger partial charge in [-0.25, -0.2) is 24.4 Å². The molecule has 1 saturated heterocycles. The summed E-state index contributed by atoms with van der Waals surface area (Å²) in [5.41, 5.74) is 4.53. The van der Waals surface area contributed by atoms with Gasteiger partial charge in [-0.2, -0.15) is 0 Å². The molecule has 5 heterocycles. The SMILES string of the molecule is COC(=O)c1ccc(-c2ccc(-n3c(=O)n([C@H]4CCN(Cc5ncc(C(=O)OC(C)(C)C)n5C)C4)c4ncccc43)cn2)c(C)c1. The van der Waals surface area contributed by atoms with Crippen molar-refractivity contribution >= 4 is 23.1 Å². The normalized spacial score (nSPS) is 15.4. The van der Waals surface area contributed by atoms with E-state index in [0.29, 0.717) is 41.2 Å². The van der Waals surface area contributed by atoms with E-state index in [-0.39, 0.29) is 11.7 Å². The number of aromatic nitrogens is 6. The van der Waals surface area contributed by atoms with E-state index >= 15 is 0 Å². The molecule has 12 heteroatoms. The maximum absolute atomic E-state index is 14.1. The Kier molecular flexibility index (Phi) is 8.07. The number of hydrogen-bond donors (Lipinski definition) is 0. The Morgan fingerprint density at radius 1 is 1.02 bits per heavy atom. The van der Waals surface area contributed by atoms with Crippen LogP contribution >= 0.6 is 0 Å². The van der Waals surface area contributed by atoms with Gasteiger partial charge >= 0.3 is 17.6 Å². The molecule has 0 saturated carbocycles. The highest BCUT2D eigenvalue weighted by molar-refractivity contribution is 5.90. The Morgan fingerprint density at radius 2 is 1.83 bits per heavy atom. The molecule has 1 aliphatic rings. The quantitative estimate of drug-likeness (QED) is 0.241. The molecular weight excluding hydrogens is 586 g/mol. The van der Waals surface area contributed by atoms with Gasteiger partial charge in [-0.1, -0.05) is 6.07 Å². The van der Waals surface area contributed by atoms with Crippen molar-refractivity contribution in [2.24, 2.45) is 7.05 Å². The van der Waals surface area contributed by atoms with Gasteiger partial charge in [-0.15, -0.1) is 0 Å². The van der Waals surface area contributed by atoms with Gasteiger partial charge in [0.15, 0.2) is 5.65 Å². The third-order valence-corrected chi connectivity index (χ3v) is 8.23. The van der Waals surface area contributed by atoms with Crippen molar-refractivity contribution in [2.75, 3.05) is 20.2 Å². The maximum atomic E-state index is 14.1. The highest BCUT2D eigenvalue weighted by Gasteiger charge is 2.30. The van der Waals surface area contributed by atoms with Crippen molar-refractivity contribution in [3.8, 4) is 16.9 Å². The van der Waals surface area contributed by atoms with Gasteiger partial charge in [0.1, 0.15) is 17.1 Å². The smallest absolute Gasteiger partial charge is 0.357 e. The average molecular weight is 624 g/mol. The lowest BCUT2D eigenvalue weighted by Crippen LogP contribution is -2.29. The molecular formula is C34H37N7O5. The van der Waals surface area contributed by atoms with E-state index in [9.17, 15) is 14.4 Å². The molecule has 1 aliphatic heterocycles. The molecule has 1 aromatic carbocycles. The molecule has 6 rings (SSSR count). The molecule has 0 spiro atoms. The van der Waals surface area contributed by atoms with Crippen LogP contribution in [0.25, 0.3) is 28.1 Å². The van der Waals surface area contributed by atoms with Crippen LogP contribution in [0.5, 0.6) is 0 Å². The lowest BCUT2D eigenvalue weighted by molar-refractivity contribution is 0.00581. The number of ether oxygens (including phenoxy) is 2. The fourth-order valence-corrected chi connectivity index (χ4v) is 5.98. The van der Waals surface area contributed by atoms with E-state index in [2.05, 4.69) is 19.9 Å². The van der Waals surface area contributed by atoms with Crippen LogP contribution in [0.1, 0.15) is 65.5 Å². The van der Waals surface area contributed by atoms with Crippen LogP contribution in [-0.4, -0.2) is 71.3 Å². The van der Waals surface area contributed by atoms with Gasteiger partial charge in [0.2, 0.25) is 0 Å². The molecule has 5 aromatic rings. The van der Waals surface area contributed by atoms with Gasteiger partial charge in [-0.3, -0.25) is 19.0 Å². The predicted molar refractivity (Wildman–Crippen MR) is 172 cm³/mol. The summed E-state index contributed by atoms with van der Waals surface area (Å²) in [7, 11) is 3.17. The Balaban J connectivity index is 1.24. The van der Waals surface area contributed by atoms with E-state index in [0.717, 1.165) is 35.6 Å². The number of likely N-dealkylation sites (tertiary alicyclic amines) is 1. The summed E-state index contributed by atoms with van der Waals surface area (Å²) in [6.07, 6.45) is 5.70. The number of pyridine rings is 2. The fraction of sp³-hybridized carbons (Fsp3) is 0.353. The summed E-state index contributed by atoms with van der Waals surface area (Å²) in [4.78, 5) is 54.6. The first-order valence-electron chi connectivity index (χ1n) is 15.1. The third-order valence-electron chi connectivity index (χ3n) is 8.23. The summed E-state index contributed by atoms with van der Waals surface area (Å²) in [5, 5.41) is 0. The van der Waals surface area contributed by atoms with Gasteiger partial charge in [0.25, 0.3) is 0 Å². The van der Waals surface area contributed by atoms with E-state index < -0.39 is 17.5 Å². The summed E-state index contributed by atoms with van der Waals surface area (Å²) < 4.78 is 15.6. The topological polar surface area (TPSA) is 126 Å². The number of carbonyl (C=O) groups excluding carboxylic acids is 2. The van der Waals surface area contributed by atoms with Crippen molar-refractivity contribution in [1.29, 1.82) is 0 Å². The van der Waals surface area contributed by atoms with Crippen LogP contribution < -0.4 is 5.69 Å². The van der Waals surface area contributed by atoms with E-state index in [1.54, 1.807) is 44.4 Å². The second-order valence-corrected chi connectivity index (χ2v) is 12.6. The summed E-state index contributed by atoms with van der Waals surface area (Å²) in [5.74, 6) is -0.0555. The second-order valence-electron chi connectivity index (χ2n) is 12.6. The molecule has 238 valence electrons. The third kappa shape index (κ3) is 5.83. The molecule has 0 aliphatic carbocycles. The fourth-order valence-electron chi connectivity index (χ4n) is 5.98. The lowest BCUT2D eigenvalue weighted by Gasteiger charge is -2.20. The first-order chi connectivity index (χ1) is 21.9. The zero-order valence-corrected chi connectivity index (χ0v) is 26.9. The van der Waals surface area contributed by atoms with Crippen molar-refractivity contribution in [3.63, 3.8) is 0 Å². The van der Waals surface area contributed by atoms with E-state index in [4.69, 9.17) is 9.47 Å². The molecule has 0 radical (unpaired) electrons. The van der Waals surface area contributed by atoms with Gasteiger partial charge in [-0.05, 0) is 76.1 Å². The number of carbonyl (C=O) groups is 2. The number of hydrogen-bond acceptors (Lipinski definition) is 9. The zero-order valence-electron chi connectivity index (χ0n) is 26.9. The average Bonchev–Trinajstić information content (AvgIpc) is 3.71. The maximum Gasteiger partial charge on any atom is 0.357 e. The van der Waals surface area contributed by atoms with Crippen molar-refractivity contribution in [1.82, 2.24) is 33.6 Å². The molecule has 1 atom stereocenters.